The van der Waals surface area contributed by atoms with E-state index in [0.29, 0.717) is 19.4 Å². The number of hydrogen-bond donors (Lipinski definition) is 3. The second kappa shape index (κ2) is 60.9. The predicted molar refractivity (Wildman–Crippen MR) is 310 cm³/mol. The van der Waals surface area contributed by atoms with Gasteiger partial charge in [0, 0.05) is 12.8 Å². The number of carbonyl (C=O) groups excluding carboxylic acids is 2. The van der Waals surface area contributed by atoms with E-state index < -0.39 is 12.1 Å². The summed E-state index contributed by atoms with van der Waals surface area (Å²) in [5.74, 6) is -0.0538. The molecule has 0 aliphatic carbocycles. The summed E-state index contributed by atoms with van der Waals surface area (Å²) in [6.45, 7) is 4.91. The van der Waals surface area contributed by atoms with Crippen LogP contribution in [0.4, 0.5) is 0 Å². The van der Waals surface area contributed by atoms with Crippen molar-refractivity contribution >= 4 is 11.9 Å². The number of hydrogen-bond acceptors (Lipinski definition) is 5. The number of allylic oxidation sites excluding steroid dienone is 3. The molecule has 3 N–H and O–H groups in total. The van der Waals surface area contributed by atoms with Gasteiger partial charge in [0.1, 0.15) is 0 Å². The molecule has 0 heterocycles. The number of aliphatic hydroxyl groups is 2. The molecule has 0 aliphatic heterocycles. The number of esters is 1. The van der Waals surface area contributed by atoms with Gasteiger partial charge in [0.15, 0.2) is 0 Å². The predicted octanol–water partition coefficient (Wildman–Crippen LogP) is 20.2. The normalized spacial score (nSPS) is 12.7. The van der Waals surface area contributed by atoms with Crippen LogP contribution >= 0.6 is 0 Å². The summed E-state index contributed by atoms with van der Waals surface area (Å²) in [5.41, 5.74) is 0. The van der Waals surface area contributed by atoms with Crippen molar-refractivity contribution in [2.45, 2.75) is 366 Å². The van der Waals surface area contributed by atoms with Crippen molar-refractivity contribution in [1.82, 2.24) is 5.32 Å². The third-order valence-corrected chi connectivity index (χ3v) is 15.0. The fourth-order valence-electron chi connectivity index (χ4n) is 10.0. The summed E-state index contributed by atoms with van der Waals surface area (Å²) in [5, 5.41) is 23.1. The highest BCUT2D eigenvalue weighted by atomic mass is 16.5. The number of unbranched alkanes of at least 4 members (excludes halogenated alkanes) is 47. The molecule has 0 rings (SSSR count). The molecule has 0 aromatic rings. The van der Waals surface area contributed by atoms with Crippen LogP contribution < -0.4 is 5.32 Å². The lowest BCUT2D eigenvalue weighted by Crippen LogP contribution is -2.45. The number of aliphatic hydroxyl groups excluding tert-OH is 2. The van der Waals surface area contributed by atoms with Crippen LogP contribution in [0.15, 0.2) is 24.3 Å². The first-order chi connectivity index (χ1) is 35.0. The minimum Gasteiger partial charge on any atom is -0.466 e. The Hall–Kier alpha value is -1.66. The van der Waals surface area contributed by atoms with Crippen LogP contribution in [0.2, 0.25) is 0 Å². The standard InChI is InChI=1S/C65H125NO5/c1-3-5-7-9-11-13-15-17-18-27-31-35-39-43-47-51-55-59-65(70)71-60-56-52-48-44-40-36-32-29-26-24-22-20-19-21-23-25-28-30-34-38-42-46-50-54-58-64(69)66-62(61-67)63(68)57-53-49-45-41-37-33-16-14-12-10-8-6-4-2/h17-18,53,57,62-63,67-68H,3-16,19-52,54-56,58-61H2,1-2H3,(H,66,69)/b18-17-,57-53+. The lowest BCUT2D eigenvalue weighted by atomic mass is 10.0. The molecule has 6 nitrogen and oxygen atoms in total. The van der Waals surface area contributed by atoms with Crippen LogP contribution in [0.25, 0.3) is 0 Å². The van der Waals surface area contributed by atoms with Gasteiger partial charge in [-0.2, -0.15) is 0 Å². The summed E-state index contributed by atoms with van der Waals surface area (Å²) in [6.07, 6.45) is 75.1. The lowest BCUT2D eigenvalue weighted by Gasteiger charge is -2.20. The van der Waals surface area contributed by atoms with E-state index in [9.17, 15) is 19.8 Å². The number of amides is 1. The largest absolute Gasteiger partial charge is 0.466 e. The third-order valence-electron chi connectivity index (χ3n) is 15.0. The monoisotopic (exact) mass is 1000 g/mol. The molecule has 0 saturated carbocycles. The van der Waals surface area contributed by atoms with Crippen LogP contribution in [-0.2, 0) is 14.3 Å². The number of carbonyl (C=O) groups is 2. The summed E-state index contributed by atoms with van der Waals surface area (Å²) in [4.78, 5) is 24.5. The summed E-state index contributed by atoms with van der Waals surface area (Å²) in [6, 6.07) is -0.626. The Kier molecular flexibility index (Phi) is 59.5. The van der Waals surface area contributed by atoms with E-state index >= 15 is 0 Å². The van der Waals surface area contributed by atoms with Gasteiger partial charge in [-0.25, -0.2) is 0 Å². The Morgan fingerprint density at radius 2 is 0.662 bits per heavy atom. The van der Waals surface area contributed by atoms with E-state index in [-0.39, 0.29) is 18.5 Å². The molecule has 0 saturated heterocycles. The van der Waals surface area contributed by atoms with E-state index in [1.165, 1.54) is 283 Å². The third kappa shape index (κ3) is 57.5. The quantitative estimate of drug-likeness (QED) is 0.0320. The number of rotatable bonds is 60. The second-order valence-corrected chi connectivity index (χ2v) is 22.1. The summed E-state index contributed by atoms with van der Waals surface area (Å²) >= 11 is 0. The van der Waals surface area contributed by atoms with E-state index in [1.807, 2.05) is 6.08 Å². The van der Waals surface area contributed by atoms with Crippen LogP contribution in [0.3, 0.4) is 0 Å². The maximum absolute atomic E-state index is 12.5. The van der Waals surface area contributed by atoms with Gasteiger partial charge in [-0.15, -0.1) is 0 Å². The average molecular weight is 1000 g/mol. The minimum atomic E-state index is -0.842. The van der Waals surface area contributed by atoms with Gasteiger partial charge in [0.2, 0.25) is 5.91 Å². The van der Waals surface area contributed by atoms with Crippen molar-refractivity contribution < 1.29 is 24.5 Å². The van der Waals surface area contributed by atoms with Crippen LogP contribution in [0.1, 0.15) is 354 Å². The molecule has 0 radical (unpaired) electrons. The molecule has 1 amide bonds. The van der Waals surface area contributed by atoms with Gasteiger partial charge < -0.3 is 20.3 Å². The molecule has 6 heteroatoms. The van der Waals surface area contributed by atoms with Crippen molar-refractivity contribution in [3.8, 4) is 0 Å². The van der Waals surface area contributed by atoms with Crippen molar-refractivity contribution in [2.24, 2.45) is 0 Å². The van der Waals surface area contributed by atoms with Gasteiger partial charge in [-0.3, -0.25) is 9.59 Å². The van der Waals surface area contributed by atoms with Crippen LogP contribution in [0, 0.1) is 0 Å². The van der Waals surface area contributed by atoms with Crippen molar-refractivity contribution in [1.29, 1.82) is 0 Å². The molecule has 420 valence electrons. The molecular weight excluding hydrogens is 875 g/mol. The first kappa shape index (κ1) is 69.3. The molecule has 0 fully saturated rings. The average Bonchev–Trinajstić information content (AvgIpc) is 3.37. The Bertz CT molecular complexity index is 1110. The Morgan fingerprint density at radius 3 is 1.00 bits per heavy atom. The lowest BCUT2D eigenvalue weighted by molar-refractivity contribution is -0.143. The molecule has 2 unspecified atom stereocenters. The second-order valence-electron chi connectivity index (χ2n) is 22.1. The molecule has 0 spiro atoms. The maximum Gasteiger partial charge on any atom is 0.305 e. The Labute approximate surface area is 443 Å². The number of ether oxygens (including phenoxy) is 1. The highest BCUT2D eigenvalue weighted by Gasteiger charge is 2.18. The van der Waals surface area contributed by atoms with E-state index in [1.54, 1.807) is 6.08 Å². The van der Waals surface area contributed by atoms with Crippen LogP contribution in [0.5, 0.6) is 0 Å². The molecule has 0 aromatic carbocycles. The fourth-order valence-corrected chi connectivity index (χ4v) is 10.0. The molecule has 71 heavy (non-hydrogen) atoms. The van der Waals surface area contributed by atoms with E-state index in [0.717, 1.165) is 44.9 Å². The van der Waals surface area contributed by atoms with Gasteiger partial charge in [0.05, 0.1) is 25.4 Å². The van der Waals surface area contributed by atoms with Crippen LogP contribution in [-0.4, -0.2) is 47.4 Å². The minimum absolute atomic E-state index is 0.0120. The van der Waals surface area contributed by atoms with Gasteiger partial charge in [-0.1, -0.05) is 308 Å². The molecular formula is C65H125NO5. The maximum atomic E-state index is 12.5. The zero-order valence-corrected chi connectivity index (χ0v) is 48.0. The fraction of sp³-hybridized carbons (Fsp3) is 0.908. The summed E-state index contributed by atoms with van der Waals surface area (Å²) in [7, 11) is 0. The molecule has 0 aromatic heterocycles. The Morgan fingerprint density at radius 1 is 0.380 bits per heavy atom. The van der Waals surface area contributed by atoms with Gasteiger partial charge in [-0.05, 0) is 57.8 Å². The first-order valence-electron chi connectivity index (χ1n) is 32.1. The Balaban J connectivity index is 3.36. The van der Waals surface area contributed by atoms with Crippen molar-refractivity contribution in [3.63, 3.8) is 0 Å². The zero-order valence-electron chi connectivity index (χ0n) is 48.0. The molecule has 0 bridgehead atoms. The smallest absolute Gasteiger partial charge is 0.305 e. The molecule has 0 aliphatic rings. The van der Waals surface area contributed by atoms with Crippen molar-refractivity contribution in [2.75, 3.05) is 13.2 Å². The van der Waals surface area contributed by atoms with E-state index in [2.05, 4.69) is 31.3 Å². The topological polar surface area (TPSA) is 95.9 Å². The SMILES string of the molecule is CCCCCCCC/C=C\CCCCCCCCCC(=O)OCCCCCCCCCCCCCCCCCCCCCCCCCCC(=O)NC(CO)C(O)/C=C/CCCCCCCCCCCCC. The number of nitrogens with one attached hydrogen (secondary N) is 1. The highest BCUT2D eigenvalue weighted by molar-refractivity contribution is 5.76. The summed E-state index contributed by atoms with van der Waals surface area (Å²) < 4.78 is 5.50. The van der Waals surface area contributed by atoms with Crippen molar-refractivity contribution in [3.05, 3.63) is 24.3 Å². The highest BCUT2D eigenvalue weighted by Crippen LogP contribution is 2.18. The molecule has 2 atom stereocenters. The first-order valence-corrected chi connectivity index (χ1v) is 32.1. The van der Waals surface area contributed by atoms with E-state index in [4.69, 9.17) is 4.74 Å². The van der Waals surface area contributed by atoms with Gasteiger partial charge in [0.25, 0.3) is 0 Å². The zero-order chi connectivity index (χ0) is 51.4. The van der Waals surface area contributed by atoms with Gasteiger partial charge >= 0.3 is 5.97 Å².